The van der Waals surface area contributed by atoms with Crippen molar-refractivity contribution in [2.75, 3.05) is 65.5 Å². The summed E-state index contributed by atoms with van der Waals surface area (Å²) >= 11 is 0. The largest absolute Gasteiger partial charge is 0.494 e. The fourth-order valence-electron chi connectivity index (χ4n) is 7.23. The Morgan fingerprint density at radius 1 is 0.708 bits per heavy atom. The van der Waals surface area contributed by atoms with Crippen molar-refractivity contribution in [3.05, 3.63) is 29.8 Å². The number of aliphatic carboxylic acids is 5. The highest BCUT2D eigenvalue weighted by molar-refractivity contribution is 5.98. The molecule has 1 aromatic carbocycles. The normalized spacial score (nSPS) is 18.3. The molecule has 0 aromatic heterocycles. The minimum Gasteiger partial charge on any atom is -0.494 e. The molecule has 2 rings (SSSR count). The van der Waals surface area contributed by atoms with E-state index in [1.807, 2.05) is 0 Å². The van der Waals surface area contributed by atoms with Crippen molar-refractivity contribution in [1.29, 1.82) is 0 Å². The van der Waals surface area contributed by atoms with Crippen molar-refractivity contribution in [2.24, 2.45) is 28.3 Å². The van der Waals surface area contributed by atoms with Gasteiger partial charge in [0.1, 0.15) is 29.9 Å². The number of guanidine groups is 1. The zero-order valence-corrected chi connectivity index (χ0v) is 40.1. The molecule has 1 aliphatic rings. The molecular weight excluding hydrogens is 955 g/mol. The third-order valence-corrected chi connectivity index (χ3v) is 10.8. The third-order valence-electron chi connectivity index (χ3n) is 10.8. The summed E-state index contributed by atoms with van der Waals surface area (Å²) in [5.41, 5.74) is 11.2. The van der Waals surface area contributed by atoms with Crippen molar-refractivity contribution in [2.45, 2.75) is 89.4 Å². The van der Waals surface area contributed by atoms with E-state index in [1.54, 1.807) is 38.1 Å². The van der Waals surface area contributed by atoms with Crippen molar-refractivity contribution in [3.63, 3.8) is 0 Å². The second kappa shape index (κ2) is 31.6. The minimum atomic E-state index is -1.67. The Bertz CT molecular complexity index is 2070. The molecule has 0 spiro atoms. The second-order valence-electron chi connectivity index (χ2n) is 17.3. The number of nitrogens with zero attached hydrogens (tertiary/aromatic N) is 3. The SMILES string of the molecule is CC(C)[C@H]1NC(=O)[C@@H](Cc2ccc(OCCCNC(=O)CC(CCN(CCN(CC(=O)O)CC(=O)O)CC(=O)O)CC(=O)O)cc2)NC(=O)[C@H](CC(=O)O)NC(=O)CNC(=O)[C@H](CCCN=C(N)N)NC1=O. The number of hydrogen-bond donors (Lipinski definition) is 13. The van der Waals surface area contributed by atoms with Crippen LogP contribution in [0, 0.1) is 11.8 Å². The van der Waals surface area contributed by atoms with E-state index in [0.717, 1.165) is 4.90 Å². The van der Waals surface area contributed by atoms with Crippen LogP contribution in [0.25, 0.3) is 0 Å². The lowest BCUT2D eigenvalue weighted by Crippen LogP contribution is -2.59. The predicted octanol–water partition coefficient (Wildman–Crippen LogP) is -3.90. The maximum Gasteiger partial charge on any atom is 0.317 e. The van der Waals surface area contributed by atoms with Crippen LogP contribution in [0.5, 0.6) is 5.75 Å². The van der Waals surface area contributed by atoms with Crippen molar-refractivity contribution < 1.29 is 83.0 Å². The smallest absolute Gasteiger partial charge is 0.317 e. The van der Waals surface area contributed by atoms with Gasteiger partial charge in [0.05, 0.1) is 39.2 Å². The summed E-state index contributed by atoms with van der Waals surface area (Å²) in [7, 11) is 0. The number of benzene rings is 1. The van der Waals surface area contributed by atoms with E-state index in [-0.39, 0.29) is 77.4 Å². The first-order chi connectivity index (χ1) is 33.9. The first kappa shape index (κ1) is 60.5. The van der Waals surface area contributed by atoms with Gasteiger partial charge in [-0.3, -0.25) is 67.5 Å². The average Bonchev–Trinajstić information content (AvgIpc) is 3.27. The van der Waals surface area contributed by atoms with E-state index in [2.05, 4.69) is 36.9 Å². The zero-order valence-electron chi connectivity index (χ0n) is 40.1. The molecule has 15 N–H and O–H groups in total. The molecule has 1 aromatic rings. The van der Waals surface area contributed by atoms with Gasteiger partial charge in [0.2, 0.25) is 35.4 Å². The molecule has 1 unspecified atom stereocenters. The van der Waals surface area contributed by atoms with Crippen LogP contribution in [0.15, 0.2) is 29.3 Å². The van der Waals surface area contributed by atoms with E-state index in [1.165, 1.54) is 4.90 Å². The summed E-state index contributed by atoms with van der Waals surface area (Å²) in [6.07, 6.45) is -1.02. The van der Waals surface area contributed by atoms with Crippen molar-refractivity contribution in [1.82, 2.24) is 41.7 Å². The van der Waals surface area contributed by atoms with Crippen LogP contribution < -0.4 is 48.1 Å². The van der Waals surface area contributed by atoms with Gasteiger partial charge in [-0.15, -0.1) is 0 Å². The van der Waals surface area contributed by atoms with Crippen LogP contribution in [-0.4, -0.2) is 196 Å². The lowest BCUT2D eigenvalue weighted by atomic mass is 9.96. The Morgan fingerprint density at radius 2 is 1.31 bits per heavy atom. The van der Waals surface area contributed by atoms with E-state index in [4.69, 9.17) is 26.4 Å². The van der Waals surface area contributed by atoms with Gasteiger partial charge in [0.15, 0.2) is 5.96 Å². The second-order valence-corrected chi connectivity index (χ2v) is 17.3. The highest BCUT2D eigenvalue weighted by Gasteiger charge is 2.34. The lowest BCUT2D eigenvalue weighted by Gasteiger charge is -2.27. The number of amides is 6. The van der Waals surface area contributed by atoms with Crippen LogP contribution in [0.1, 0.15) is 64.4 Å². The quantitative estimate of drug-likeness (QED) is 0.0199. The molecule has 0 saturated carbocycles. The minimum absolute atomic E-state index is 0.0232. The number of carbonyl (C=O) groups is 11. The van der Waals surface area contributed by atoms with E-state index >= 15 is 0 Å². The highest BCUT2D eigenvalue weighted by Crippen LogP contribution is 2.17. The van der Waals surface area contributed by atoms with E-state index in [9.17, 15) is 68.1 Å². The summed E-state index contributed by atoms with van der Waals surface area (Å²) in [4.78, 5) is 143. The van der Waals surface area contributed by atoms with E-state index in [0.29, 0.717) is 17.7 Å². The van der Waals surface area contributed by atoms with Gasteiger partial charge in [-0.1, -0.05) is 26.0 Å². The Kier molecular flexibility index (Phi) is 26.5. The average molecular weight is 1020 g/mol. The number of nitrogens with one attached hydrogen (secondary N) is 6. The number of hydrogen-bond acceptors (Lipinski definition) is 15. The molecule has 6 amide bonds. The van der Waals surface area contributed by atoms with Gasteiger partial charge < -0.3 is 73.6 Å². The summed E-state index contributed by atoms with van der Waals surface area (Å²) < 4.78 is 5.79. The molecule has 1 fully saturated rings. The number of nitrogens with two attached hydrogens (primary N) is 2. The molecule has 400 valence electrons. The molecule has 28 heteroatoms. The maximum absolute atomic E-state index is 13.9. The molecule has 28 nitrogen and oxygen atoms in total. The molecular formula is C44H67N11O17. The van der Waals surface area contributed by atoms with Gasteiger partial charge in [0, 0.05) is 45.4 Å². The predicted molar refractivity (Wildman–Crippen MR) is 252 cm³/mol. The molecule has 0 radical (unpaired) electrons. The van der Waals surface area contributed by atoms with Crippen molar-refractivity contribution in [3.8, 4) is 5.75 Å². The topological polar surface area (TPSA) is 441 Å². The fourth-order valence-corrected chi connectivity index (χ4v) is 7.23. The standard InChI is InChI=1S/C44H67N11O17/c1-25(2)39-43(71)51-29(5-3-11-48-44(45)46)40(68)49-21-33(57)50-31(20-35(60)61)41(69)52-30(42(70)53-39)17-26-6-8-28(9-7-26)72-16-4-12-47-32(56)18-27(19-34(58)59)10-13-54(22-36(62)63)14-15-55(23-37(64)65)24-38(66)67/h6-9,25,27,29-31,39H,3-5,10-24H2,1-2H3,(H,47,56)(H,49,68)(H,50,57)(H,51,71)(H,52,69)(H,53,70)(H,58,59)(H,60,61)(H,62,63)(H,64,65)(H,66,67)(H4,45,46,48)/t27?,29-,30+,31-,39+/m0/s1. The fraction of sp³-hybridized carbons (Fsp3) is 0.591. The van der Waals surface area contributed by atoms with Gasteiger partial charge in [-0.2, -0.15) is 0 Å². The van der Waals surface area contributed by atoms with Crippen molar-refractivity contribution >= 4 is 71.2 Å². The molecule has 1 saturated heterocycles. The van der Waals surface area contributed by atoms with Crippen LogP contribution in [-0.2, 0) is 59.2 Å². The summed E-state index contributed by atoms with van der Waals surface area (Å²) in [5.74, 6) is -12.3. The molecule has 0 bridgehead atoms. The van der Waals surface area contributed by atoms with E-state index < -0.39 is 140 Å². The Labute approximate surface area is 414 Å². The molecule has 1 aliphatic heterocycles. The number of carboxylic acid groups (broad SMARTS) is 5. The Morgan fingerprint density at radius 3 is 1.89 bits per heavy atom. The Hall–Kier alpha value is -7.62. The number of carboxylic acids is 5. The van der Waals surface area contributed by atoms with Gasteiger partial charge >= 0.3 is 29.8 Å². The maximum atomic E-state index is 13.9. The lowest BCUT2D eigenvalue weighted by molar-refractivity contribution is -0.143. The summed E-state index contributed by atoms with van der Waals surface area (Å²) in [5, 5.41) is 61.6. The number of carbonyl (C=O) groups excluding carboxylic acids is 6. The van der Waals surface area contributed by atoms with Crippen LogP contribution in [0.2, 0.25) is 0 Å². The number of rotatable bonds is 30. The van der Waals surface area contributed by atoms with Crippen LogP contribution in [0.3, 0.4) is 0 Å². The summed E-state index contributed by atoms with van der Waals surface area (Å²) in [6.45, 7) is 1.16. The first-order valence-corrected chi connectivity index (χ1v) is 23.0. The molecule has 5 atom stereocenters. The van der Waals surface area contributed by atoms with Gasteiger partial charge in [0.25, 0.3) is 0 Å². The highest BCUT2D eigenvalue weighted by atomic mass is 16.5. The van der Waals surface area contributed by atoms with Gasteiger partial charge in [-0.25, -0.2) is 0 Å². The third kappa shape index (κ3) is 25.3. The van der Waals surface area contributed by atoms with Gasteiger partial charge in [-0.05, 0) is 61.8 Å². The summed E-state index contributed by atoms with van der Waals surface area (Å²) in [6, 6.07) is 0.773. The molecule has 0 aliphatic carbocycles. The molecule has 1 heterocycles. The number of ether oxygens (including phenoxy) is 1. The van der Waals surface area contributed by atoms with Crippen LogP contribution in [0.4, 0.5) is 0 Å². The monoisotopic (exact) mass is 1020 g/mol. The Balaban J connectivity index is 2.11. The van der Waals surface area contributed by atoms with Crippen LogP contribution >= 0.6 is 0 Å². The number of aliphatic imine (C=N–C) groups is 1. The first-order valence-electron chi connectivity index (χ1n) is 23.0. The zero-order chi connectivity index (χ0) is 53.9. The molecule has 72 heavy (non-hydrogen) atoms.